The molecular weight excluding hydrogens is 522 g/mol. The predicted molar refractivity (Wildman–Crippen MR) is 155 cm³/mol. The molecule has 0 saturated carbocycles. The average molecular weight is 550 g/mol. The number of nitrogens with one attached hydrogen (secondary N) is 2. The summed E-state index contributed by atoms with van der Waals surface area (Å²) in [4.78, 5) is 30.3. The van der Waals surface area contributed by atoms with Crippen molar-refractivity contribution in [3.05, 3.63) is 125 Å². The van der Waals surface area contributed by atoms with E-state index in [0.717, 1.165) is 5.56 Å². The van der Waals surface area contributed by atoms with Crippen molar-refractivity contribution in [3.63, 3.8) is 0 Å². The second-order valence-corrected chi connectivity index (χ2v) is 8.82. The van der Waals surface area contributed by atoms with Crippen molar-refractivity contribution in [1.29, 1.82) is 0 Å². The Kier molecular flexibility index (Phi) is 8.20. The molecule has 0 unspecified atom stereocenters. The van der Waals surface area contributed by atoms with E-state index >= 15 is 0 Å². The highest BCUT2D eigenvalue weighted by atomic mass is 16.5. The topological polar surface area (TPSA) is 117 Å². The Labute approximate surface area is 236 Å². The van der Waals surface area contributed by atoms with Gasteiger partial charge in [0.1, 0.15) is 17.2 Å². The first-order chi connectivity index (χ1) is 20.0. The third-order valence-corrected chi connectivity index (χ3v) is 6.15. The fraction of sp³-hybridized carbons (Fsp3) is 0.0968. The standard InChI is InChI=1S/C31H27N5O5/c1-39-25-12-10-24(11-13-25)36-31(38)29(28(20-34-36)41-27-5-3-4-26(18-27)40-2)35-23-8-6-22(7-9-23)30(37)33-19-21-14-16-32-17-15-21/h3-18,20,35H,19H2,1-2H3,(H,33,37). The van der Waals surface area contributed by atoms with Crippen LogP contribution in [0.1, 0.15) is 15.9 Å². The van der Waals surface area contributed by atoms with Crippen LogP contribution >= 0.6 is 0 Å². The van der Waals surface area contributed by atoms with Crippen molar-refractivity contribution >= 4 is 17.3 Å². The number of pyridine rings is 1. The quantitative estimate of drug-likeness (QED) is 0.247. The maximum Gasteiger partial charge on any atom is 0.299 e. The maximum atomic E-state index is 13.7. The number of anilines is 2. The molecule has 10 nitrogen and oxygen atoms in total. The molecule has 0 fully saturated rings. The predicted octanol–water partition coefficient (Wildman–Crippen LogP) is 5.11. The molecule has 0 spiro atoms. The van der Waals surface area contributed by atoms with E-state index in [4.69, 9.17) is 14.2 Å². The fourth-order valence-corrected chi connectivity index (χ4v) is 3.96. The zero-order chi connectivity index (χ0) is 28.6. The summed E-state index contributed by atoms with van der Waals surface area (Å²) >= 11 is 0. The molecule has 2 heterocycles. The Balaban J connectivity index is 1.42. The minimum Gasteiger partial charge on any atom is -0.497 e. The number of amides is 1. The molecule has 0 aliphatic heterocycles. The summed E-state index contributed by atoms with van der Waals surface area (Å²) in [7, 11) is 3.13. The number of rotatable bonds is 10. The zero-order valence-electron chi connectivity index (χ0n) is 22.4. The van der Waals surface area contributed by atoms with Crippen LogP contribution < -0.4 is 30.4 Å². The number of carbonyl (C=O) groups excluding carboxylic acids is 1. The van der Waals surface area contributed by atoms with Gasteiger partial charge in [-0.05, 0) is 78.4 Å². The van der Waals surface area contributed by atoms with E-state index in [-0.39, 0.29) is 17.3 Å². The van der Waals surface area contributed by atoms with E-state index in [0.29, 0.717) is 40.7 Å². The molecule has 0 radical (unpaired) electrons. The number of carbonyl (C=O) groups is 1. The highest BCUT2D eigenvalue weighted by Gasteiger charge is 2.16. The number of benzene rings is 3. The molecule has 10 heteroatoms. The molecular formula is C31H27N5O5. The molecule has 0 bridgehead atoms. The van der Waals surface area contributed by atoms with Crippen LogP contribution in [0.15, 0.2) is 108 Å². The van der Waals surface area contributed by atoms with Gasteiger partial charge in [-0.1, -0.05) is 6.07 Å². The Hall–Kier alpha value is -5.64. The lowest BCUT2D eigenvalue weighted by Crippen LogP contribution is -2.24. The molecule has 3 aromatic carbocycles. The second-order valence-electron chi connectivity index (χ2n) is 8.82. The van der Waals surface area contributed by atoms with Gasteiger partial charge in [-0.3, -0.25) is 14.6 Å². The van der Waals surface area contributed by atoms with Gasteiger partial charge in [0, 0.05) is 36.3 Å². The van der Waals surface area contributed by atoms with Crippen molar-refractivity contribution in [1.82, 2.24) is 20.1 Å². The first kappa shape index (κ1) is 26.9. The van der Waals surface area contributed by atoms with E-state index in [9.17, 15) is 9.59 Å². The van der Waals surface area contributed by atoms with Crippen LogP contribution in [0, 0.1) is 0 Å². The first-order valence-corrected chi connectivity index (χ1v) is 12.7. The van der Waals surface area contributed by atoms with E-state index in [1.54, 1.807) is 99.4 Å². The number of aromatic nitrogens is 3. The lowest BCUT2D eigenvalue weighted by Gasteiger charge is -2.15. The monoisotopic (exact) mass is 549 g/mol. The normalized spacial score (nSPS) is 10.5. The molecule has 1 amide bonds. The number of methoxy groups -OCH3 is 2. The molecule has 2 aromatic heterocycles. The van der Waals surface area contributed by atoms with Crippen LogP contribution in [0.4, 0.5) is 11.4 Å². The molecule has 206 valence electrons. The summed E-state index contributed by atoms with van der Waals surface area (Å²) in [5.41, 5.74) is 2.27. The lowest BCUT2D eigenvalue weighted by molar-refractivity contribution is 0.0951. The van der Waals surface area contributed by atoms with Crippen molar-refractivity contribution in [2.45, 2.75) is 6.54 Å². The summed E-state index contributed by atoms with van der Waals surface area (Å²) in [6.45, 7) is 0.383. The Morgan fingerprint density at radius 3 is 2.27 bits per heavy atom. The molecule has 5 aromatic rings. The third kappa shape index (κ3) is 6.51. The summed E-state index contributed by atoms with van der Waals surface area (Å²) in [6, 6.07) is 24.5. The van der Waals surface area contributed by atoms with Gasteiger partial charge < -0.3 is 24.8 Å². The summed E-state index contributed by atoms with van der Waals surface area (Å²) in [5.74, 6) is 1.72. The summed E-state index contributed by atoms with van der Waals surface area (Å²) < 4.78 is 17.8. The largest absolute Gasteiger partial charge is 0.497 e. The molecule has 41 heavy (non-hydrogen) atoms. The smallest absolute Gasteiger partial charge is 0.299 e. The van der Waals surface area contributed by atoms with Gasteiger partial charge in [0.05, 0.1) is 26.1 Å². The highest BCUT2D eigenvalue weighted by molar-refractivity contribution is 5.94. The van der Waals surface area contributed by atoms with Crippen LogP contribution in [-0.2, 0) is 6.54 Å². The van der Waals surface area contributed by atoms with Gasteiger partial charge in [-0.25, -0.2) is 0 Å². The average Bonchev–Trinajstić information content (AvgIpc) is 3.02. The van der Waals surface area contributed by atoms with Gasteiger partial charge in [-0.2, -0.15) is 9.78 Å². The van der Waals surface area contributed by atoms with Crippen molar-refractivity contribution < 1.29 is 19.0 Å². The van der Waals surface area contributed by atoms with E-state index in [1.165, 1.54) is 10.9 Å². The van der Waals surface area contributed by atoms with Crippen LogP contribution in [0.2, 0.25) is 0 Å². The second kappa shape index (κ2) is 12.5. The van der Waals surface area contributed by atoms with Gasteiger partial charge >= 0.3 is 0 Å². The Morgan fingerprint density at radius 1 is 0.854 bits per heavy atom. The van der Waals surface area contributed by atoms with E-state index in [2.05, 4.69) is 20.7 Å². The van der Waals surface area contributed by atoms with E-state index in [1.807, 2.05) is 12.1 Å². The zero-order valence-corrected chi connectivity index (χ0v) is 22.4. The number of nitrogens with zero attached hydrogens (tertiary/aromatic N) is 3. The number of hydrogen-bond donors (Lipinski definition) is 2. The fourth-order valence-electron chi connectivity index (χ4n) is 3.96. The van der Waals surface area contributed by atoms with Gasteiger partial charge in [-0.15, -0.1) is 0 Å². The van der Waals surface area contributed by atoms with Crippen LogP contribution in [-0.4, -0.2) is 34.9 Å². The molecule has 5 rings (SSSR count). The summed E-state index contributed by atoms with van der Waals surface area (Å²) in [5, 5.41) is 10.4. The lowest BCUT2D eigenvalue weighted by atomic mass is 10.2. The highest BCUT2D eigenvalue weighted by Crippen LogP contribution is 2.30. The van der Waals surface area contributed by atoms with Gasteiger partial charge in [0.2, 0.25) is 0 Å². The Morgan fingerprint density at radius 2 is 1.56 bits per heavy atom. The van der Waals surface area contributed by atoms with Crippen molar-refractivity contribution in [2.75, 3.05) is 19.5 Å². The van der Waals surface area contributed by atoms with Crippen LogP contribution in [0.25, 0.3) is 5.69 Å². The minimum atomic E-state index is -0.435. The molecule has 0 aliphatic rings. The first-order valence-electron chi connectivity index (χ1n) is 12.7. The number of ether oxygens (including phenoxy) is 3. The van der Waals surface area contributed by atoms with Crippen molar-refractivity contribution in [2.24, 2.45) is 0 Å². The maximum absolute atomic E-state index is 13.7. The molecule has 2 N–H and O–H groups in total. The van der Waals surface area contributed by atoms with Crippen LogP contribution in [0.5, 0.6) is 23.0 Å². The SMILES string of the molecule is COc1ccc(-n2ncc(Oc3cccc(OC)c3)c(Nc3ccc(C(=O)NCc4ccncc4)cc3)c2=O)cc1. The third-order valence-electron chi connectivity index (χ3n) is 6.15. The van der Waals surface area contributed by atoms with Crippen molar-refractivity contribution in [3.8, 4) is 28.7 Å². The van der Waals surface area contributed by atoms with Gasteiger partial charge in [0.15, 0.2) is 11.4 Å². The molecule has 0 atom stereocenters. The summed E-state index contributed by atoms with van der Waals surface area (Å²) in [6.07, 6.45) is 4.82. The van der Waals surface area contributed by atoms with E-state index < -0.39 is 5.56 Å². The van der Waals surface area contributed by atoms with Gasteiger partial charge in [0.25, 0.3) is 11.5 Å². The Bertz CT molecular complexity index is 1690. The molecule has 0 saturated heterocycles. The molecule has 0 aliphatic carbocycles. The van der Waals surface area contributed by atoms with Crippen LogP contribution in [0.3, 0.4) is 0 Å². The minimum absolute atomic E-state index is 0.161. The number of hydrogen-bond acceptors (Lipinski definition) is 8.